The summed E-state index contributed by atoms with van der Waals surface area (Å²) in [6.45, 7) is 6.99. The topological polar surface area (TPSA) is 55.6 Å². The Labute approximate surface area is 91.8 Å². The van der Waals surface area contributed by atoms with Crippen molar-refractivity contribution in [1.82, 2.24) is 4.90 Å². The molecule has 2 N–H and O–H groups in total. The van der Waals surface area contributed by atoms with E-state index in [1.54, 1.807) is 0 Å². The van der Waals surface area contributed by atoms with Crippen LogP contribution in [0.15, 0.2) is 0 Å². The Hall–Kier alpha value is -0.610. The Morgan fingerprint density at radius 3 is 2.80 bits per heavy atom. The summed E-state index contributed by atoms with van der Waals surface area (Å²) in [5, 5.41) is 0. The molecule has 1 amide bonds. The van der Waals surface area contributed by atoms with E-state index in [2.05, 4.69) is 6.92 Å². The average Bonchev–Trinajstić information content (AvgIpc) is 2.54. The van der Waals surface area contributed by atoms with E-state index < -0.39 is 0 Å². The van der Waals surface area contributed by atoms with Crippen molar-refractivity contribution in [2.45, 2.75) is 32.7 Å². The largest absolute Gasteiger partial charge is 0.382 e. The molecule has 1 rings (SSSR count). The van der Waals surface area contributed by atoms with Crippen LogP contribution in [0.1, 0.15) is 26.7 Å². The SMILES string of the molecule is CCOCCCC(=O)N1CC(C)C(N)C1. The summed E-state index contributed by atoms with van der Waals surface area (Å²) < 4.78 is 5.19. The maximum absolute atomic E-state index is 11.7. The minimum absolute atomic E-state index is 0.154. The Balaban J connectivity index is 2.18. The lowest BCUT2D eigenvalue weighted by atomic mass is 10.1. The molecule has 0 bridgehead atoms. The number of hydrogen-bond donors (Lipinski definition) is 1. The lowest BCUT2D eigenvalue weighted by Crippen LogP contribution is -2.32. The molecule has 4 nitrogen and oxygen atoms in total. The third-order valence-corrected chi connectivity index (χ3v) is 2.91. The molecular weight excluding hydrogens is 192 g/mol. The molecule has 0 aromatic carbocycles. The molecule has 1 aliphatic rings. The second-order valence-electron chi connectivity index (χ2n) is 4.24. The summed E-state index contributed by atoms with van der Waals surface area (Å²) in [4.78, 5) is 13.6. The summed E-state index contributed by atoms with van der Waals surface area (Å²) in [6.07, 6.45) is 1.40. The maximum Gasteiger partial charge on any atom is 0.222 e. The zero-order chi connectivity index (χ0) is 11.3. The molecule has 1 fully saturated rings. The Morgan fingerprint density at radius 1 is 1.53 bits per heavy atom. The van der Waals surface area contributed by atoms with Gasteiger partial charge in [0.2, 0.25) is 5.91 Å². The first-order valence-electron chi connectivity index (χ1n) is 5.76. The number of nitrogens with zero attached hydrogens (tertiary/aromatic N) is 1. The lowest BCUT2D eigenvalue weighted by Gasteiger charge is -2.15. The summed E-state index contributed by atoms with van der Waals surface area (Å²) >= 11 is 0. The molecule has 0 radical (unpaired) electrons. The Kier molecular flexibility index (Phi) is 5.05. The number of rotatable bonds is 5. The second-order valence-corrected chi connectivity index (χ2v) is 4.24. The molecule has 0 aromatic heterocycles. The van der Waals surface area contributed by atoms with Crippen molar-refractivity contribution >= 4 is 5.91 Å². The molecule has 0 spiro atoms. The molecule has 2 atom stereocenters. The van der Waals surface area contributed by atoms with Gasteiger partial charge in [0.25, 0.3) is 0 Å². The summed E-state index contributed by atoms with van der Waals surface area (Å²) in [7, 11) is 0. The van der Waals surface area contributed by atoms with Gasteiger partial charge in [-0.2, -0.15) is 0 Å². The van der Waals surface area contributed by atoms with Gasteiger partial charge < -0.3 is 15.4 Å². The van der Waals surface area contributed by atoms with E-state index in [1.165, 1.54) is 0 Å². The van der Waals surface area contributed by atoms with Crippen molar-refractivity contribution in [3.8, 4) is 0 Å². The molecule has 0 aliphatic carbocycles. The predicted octanol–water partition coefficient (Wildman–Crippen LogP) is 0.609. The molecule has 1 heterocycles. The summed E-state index contributed by atoms with van der Waals surface area (Å²) in [5.74, 6) is 0.648. The van der Waals surface area contributed by atoms with Crippen LogP contribution in [0.3, 0.4) is 0 Å². The van der Waals surface area contributed by atoms with Gasteiger partial charge in [-0.1, -0.05) is 6.92 Å². The van der Waals surface area contributed by atoms with E-state index in [9.17, 15) is 4.79 Å². The highest BCUT2D eigenvalue weighted by molar-refractivity contribution is 5.76. The first-order chi connectivity index (χ1) is 7.15. The second kappa shape index (κ2) is 6.08. The van der Waals surface area contributed by atoms with Crippen LogP contribution in [0, 0.1) is 5.92 Å². The molecule has 88 valence electrons. The van der Waals surface area contributed by atoms with Crippen molar-refractivity contribution in [3.63, 3.8) is 0 Å². The van der Waals surface area contributed by atoms with E-state index in [4.69, 9.17) is 10.5 Å². The fourth-order valence-electron chi connectivity index (χ4n) is 1.82. The number of carbonyl (C=O) groups excluding carboxylic acids is 1. The summed E-state index contributed by atoms with van der Waals surface area (Å²) in [5.41, 5.74) is 5.86. The smallest absolute Gasteiger partial charge is 0.222 e. The van der Waals surface area contributed by atoms with Gasteiger partial charge in [-0.25, -0.2) is 0 Å². The summed E-state index contributed by atoms with van der Waals surface area (Å²) in [6, 6.07) is 0.154. The van der Waals surface area contributed by atoms with Crippen LogP contribution in [0.25, 0.3) is 0 Å². The standard InChI is InChI=1S/C11H22N2O2/c1-3-15-6-4-5-11(14)13-7-9(2)10(12)8-13/h9-10H,3-8,12H2,1-2H3. The van der Waals surface area contributed by atoms with Crippen molar-refractivity contribution in [1.29, 1.82) is 0 Å². The van der Waals surface area contributed by atoms with Crippen LogP contribution in [-0.4, -0.2) is 43.2 Å². The van der Waals surface area contributed by atoms with E-state index in [0.29, 0.717) is 25.5 Å². The Morgan fingerprint density at radius 2 is 2.27 bits per heavy atom. The maximum atomic E-state index is 11.7. The van der Waals surface area contributed by atoms with E-state index in [0.717, 1.165) is 19.6 Å². The van der Waals surface area contributed by atoms with Crippen LogP contribution < -0.4 is 5.73 Å². The minimum Gasteiger partial charge on any atom is -0.382 e. The van der Waals surface area contributed by atoms with Gasteiger partial charge in [0.1, 0.15) is 0 Å². The molecule has 0 saturated carbocycles. The van der Waals surface area contributed by atoms with Gasteiger partial charge >= 0.3 is 0 Å². The molecule has 4 heteroatoms. The first kappa shape index (κ1) is 12.5. The van der Waals surface area contributed by atoms with E-state index >= 15 is 0 Å². The van der Waals surface area contributed by atoms with Gasteiger partial charge in [0.05, 0.1) is 0 Å². The minimum atomic E-state index is 0.154. The highest BCUT2D eigenvalue weighted by Crippen LogP contribution is 2.15. The molecule has 0 aromatic rings. The highest BCUT2D eigenvalue weighted by Gasteiger charge is 2.29. The van der Waals surface area contributed by atoms with Gasteiger partial charge in [0.15, 0.2) is 0 Å². The van der Waals surface area contributed by atoms with Crippen molar-refractivity contribution in [2.75, 3.05) is 26.3 Å². The number of amides is 1. The van der Waals surface area contributed by atoms with Gasteiger partial charge in [-0.15, -0.1) is 0 Å². The third-order valence-electron chi connectivity index (χ3n) is 2.91. The van der Waals surface area contributed by atoms with Crippen LogP contribution in [0.4, 0.5) is 0 Å². The van der Waals surface area contributed by atoms with Crippen LogP contribution in [0.2, 0.25) is 0 Å². The van der Waals surface area contributed by atoms with Crippen LogP contribution in [0.5, 0.6) is 0 Å². The van der Waals surface area contributed by atoms with Gasteiger partial charge in [-0.3, -0.25) is 4.79 Å². The lowest BCUT2D eigenvalue weighted by molar-refractivity contribution is -0.130. The van der Waals surface area contributed by atoms with E-state index in [1.807, 2.05) is 11.8 Å². The highest BCUT2D eigenvalue weighted by atomic mass is 16.5. The molecule has 15 heavy (non-hydrogen) atoms. The molecule has 1 saturated heterocycles. The fraction of sp³-hybridized carbons (Fsp3) is 0.909. The monoisotopic (exact) mass is 214 g/mol. The molecular formula is C11H22N2O2. The Bertz CT molecular complexity index is 199. The first-order valence-corrected chi connectivity index (χ1v) is 5.76. The average molecular weight is 214 g/mol. The quantitative estimate of drug-likeness (QED) is 0.682. The zero-order valence-corrected chi connectivity index (χ0v) is 9.74. The molecule has 1 aliphatic heterocycles. The normalized spacial score (nSPS) is 25.9. The fourth-order valence-corrected chi connectivity index (χ4v) is 1.82. The van der Waals surface area contributed by atoms with Crippen LogP contribution in [-0.2, 0) is 9.53 Å². The number of hydrogen-bond acceptors (Lipinski definition) is 3. The van der Waals surface area contributed by atoms with Gasteiger partial charge in [0, 0.05) is 38.8 Å². The molecule has 2 unspecified atom stereocenters. The number of nitrogens with two attached hydrogens (primary N) is 1. The number of carbonyl (C=O) groups is 1. The van der Waals surface area contributed by atoms with E-state index in [-0.39, 0.29) is 11.9 Å². The van der Waals surface area contributed by atoms with Crippen molar-refractivity contribution in [2.24, 2.45) is 11.7 Å². The van der Waals surface area contributed by atoms with Crippen LogP contribution >= 0.6 is 0 Å². The number of ether oxygens (including phenoxy) is 1. The van der Waals surface area contributed by atoms with Crippen molar-refractivity contribution in [3.05, 3.63) is 0 Å². The predicted molar refractivity (Wildman–Crippen MR) is 59.4 cm³/mol. The number of likely N-dealkylation sites (tertiary alicyclic amines) is 1. The third kappa shape index (κ3) is 3.80. The van der Waals surface area contributed by atoms with Gasteiger partial charge in [-0.05, 0) is 19.3 Å². The van der Waals surface area contributed by atoms with Crippen molar-refractivity contribution < 1.29 is 9.53 Å². The zero-order valence-electron chi connectivity index (χ0n) is 9.74.